The molecule has 0 aromatic rings. The van der Waals surface area contributed by atoms with Gasteiger partial charge in [0.2, 0.25) is 5.91 Å². The van der Waals surface area contributed by atoms with Crippen LogP contribution in [0, 0.1) is 0 Å². The van der Waals surface area contributed by atoms with Gasteiger partial charge in [0.05, 0.1) is 0 Å². The molecule has 1 aliphatic carbocycles. The number of halogens is 2. The quantitative estimate of drug-likeness (QED) is 0.790. The summed E-state index contributed by atoms with van der Waals surface area (Å²) in [4.78, 5) is 26.1. The molecule has 3 aliphatic rings. The molecule has 0 aromatic heterocycles. The highest BCUT2D eigenvalue weighted by molar-refractivity contribution is 5.92. The lowest BCUT2D eigenvalue weighted by Gasteiger charge is -2.32. The molecule has 0 radical (unpaired) electrons. The summed E-state index contributed by atoms with van der Waals surface area (Å²) in [6.45, 7) is 1.61. The maximum Gasteiger partial charge on any atom is 0.352 e. The summed E-state index contributed by atoms with van der Waals surface area (Å²) in [6.07, 6.45) is 2.51. The topological polar surface area (TPSA) is 78.9 Å². The fourth-order valence-corrected chi connectivity index (χ4v) is 3.93. The molecule has 24 heavy (non-hydrogen) atoms. The molecule has 0 spiro atoms. The number of ether oxygens (including phenoxy) is 1. The minimum Gasteiger partial charge on any atom is -0.383 e. The molecule has 1 saturated carbocycles. The Labute approximate surface area is 139 Å². The number of likely N-dealkylation sites (tertiary alicyclic amines) is 1. The van der Waals surface area contributed by atoms with E-state index in [0.29, 0.717) is 39.0 Å². The van der Waals surface area contributed by atoms with Gasteiger partial charge in [0.25, 0.3) is 5.91 Å². The van der Waals surface area contributed by atoms with Crippen molar-refractivity contribution in [3.63, 3.8) is 0 Å². The van der Waals surface area contributed by atoms with Crippen LogP contribution in [0.5, 0.6) is 0 Å². The molecule has 136 valence electrons. The molecular weight excluding hydrogens is 322 g/mol. The summed E-state index contributed by atoms with van der Waals surface area (Å²) in [7, 11) is 0. The van der Waals surface area contributed by atoms with Gasteiger partial charge in [0.1, 0.15) is 11.6 Å². The largest absolute Gasteiger partial charge is 0.383 e. The van der Waals surface area contributed by atoms with Crippen LogP contribution in [0.25, 0.3) is 0 Å². The molecule has 2 aliphatic heterocycles. The van der Waals surface area contributed by atoms with Gasteiger partial charge < -0.3 is 20.1 Å². The number of hydrogen-bond donors (Lipinski definition) is 2. The number of nitrogens with zero attached hydrogens (tertiary/aromatic N) is 1. The van der Waals surface area contributed by atoms with E-state index < -0.39 is 23.5 Å². The summed E-state index contributed by atoms with van der Waals surface area (Å²) in [5, 5.41) is 12.2. The average molecular weight is 346 g/mol. The zero-order valence-corrected chi connectivity index (χ0v) is 13.6. The second-order valence-electron chi connectivity index (χ2n) is 7.00. The Hall–Kier alpha value is -1.28. The summed E-state index contributed by atoms with van der Waals surface area (Å²) >= 11 is 0. The van der Waals surface area contributed by atoms with Crippen LogP contribution < -0.4 is 5.32 Å². The summed E-state index contributed by atoms with van der Waals surface area (Å²) in [5.41, 5.74) is -2.29. The molecule has 0 aromatic carbocycles. The first-order valence-electron chi connectivity index (χ1n) is 8.64. The van der Waals surface area contributed by atoms with Gasteiger partial charge in [0, 0.05) is 25.8 Å². The molecule has 1 unspecified atom stereocenters. The number of carbonyl (C=O) groups excluding carboxylic acids is 2. The summed E-state index contributed by atoms with van der Waals surface area (Å²) in [6, 6.07) is -0.885. The third-order valence-corrected chi connectivity index (χ3v) is 5.48. The highest BCUT2D eigenvalue weighted by atomic mass is 19.3. The molecule has 6 nitrogen and oxygen atoms in total. The molecule has 2 heterocycles. The number of hydrogen-bond acceptors (Lipinski definition) is 4. The maximum absolute atomic E-state index is 14.3. The van der Waals surface area contributed by atoms with Gasteiger partial charge in [-0.3, -0.25) is 9.59 Å². The SMILES string of the molecule is O=C1C(NC(=O)C(F)(F)C2(O)CCCC2)CCN1C1CCOCC1. The second-order valence-corrected chi connectivity index (χ2v) is 7.00. The third kappa shape index (κ3) is 3.01. The Kier molecular flexibility index (Phi) is 4.79. The summed E-state index contributed by atoms with van der Waals surface area (Å²) < 4.78 is 33.9. The van der Waals surface area contributed by atoms with Crippen LogP contribution in [-0.4, -0.2) is 65.2 Å². The lowest BCUT2D eigenvalue weighted by atomic mass is 9.93. The lowest BCUT2D eigenvalue weighted by Crippen LogP contribution is -2.58. The fraction of sp³-hybridized carbons (Fsp3) is 0.875. The number of amides is 2. The molecular formula is C16H24F2N2O4. The van der Waals surface area contributed by atoms with E-state index in [1.54, 1.807) is 4.90 Å². The van der Waals surface area contributed by atoms with Crippen molar-refractivity contribution in [2.45, 2.75) is 68.6 Å². The van der Waals surface area contributed by atoms with Crippen LogP contribution in [0.3, 0.4) is 0 Å². The molecule has 2 amide bonds. The van der Waals surface area contributed by atoms with Crippen molar-refractivity contribution in [1.82, 2.24) is 10.2 Å². The van der Waals surface area contributed by atoms with Crippen LogP contribution in [0.4, 0.5) is 8.78 Å². The van der Waals surface area contributed by atoms with E-state index >= 15 is 0 Å². The van der Waals surface area contributed by atoms with E-state index in [-0.39, 0.29) is 24.8 Å². The van der Waals surface area contributed by atoms with E-state index in [1.165, 1.54) is 0 Å². The van der Waals surface area contributed by atoms with Crippen molar-refractivity contribution >= 4 is 11.8 Å². The minimum absolute atomic E-state index is 0.0488. The monoisotopic (exact) mass is 346 g/mol. The minimum atomic E-state index is -3.88. The smallest absolute Gasteiger partial charge is 0.352 e. The number of carbonyl (C=O) groups is 2. The van der Waals surface area contributed by atoms with Crippen LogP contribution in [0.1, 0.15) is 44.9 Å². The van der Waals surface area contributed by atoms with E-state index in [0.717, 1.165) is 12.8 Å². The zero-order valence-electron chi connectivity index (χ0n) is 13.6. The second kappa shape index (κ2) is 6.55. The van der Waals surface area contributed by atoms with Crippen LogP contribution in [0.15, 0.2) is 0 Å². The van der Waals surface area contributed by atoms with E-state index in [2.05, 4.69) is 5.32 Å². The van der Waals surface area contributed by atoms with E-state index in [1.807, 2.05) is 0 Å². The number of aliphatic hydroxyl groups is 1. The van der Waals surface area contributed by atoms with Gasteiger partial charge in [-0.1, -0.05) is 12.8 Å². The number of rotatable bonds is 4. The van der Waals surface area contributed by atoms with Crippen molar-refractivity contribution in [2.75, 3.05) is 19.8 Å². The first-order valence-corrected chi connectivity index (χ1v) is 8.64. The van der Waals surface area contributed by atoms with Gasteiger partial charge in [-0.2, -0.15) is 8.78 Å². The van der Waals surface area contributed by atoms with Gasteiger partial charge >= 0.3 is 5.92 Å². The molecule has 2 N–H and O–H groups in total. The van der Waals surface area contributed by atoms with Crippen molar-refractivity contribution in [3.05, 3.63) is 0 Å². The van der Waals surface area contributed by atoms with Crippen LogP contribution >= 0.6 is 0 Å². The number of nitrogens with one attached hydrogen (secondary N) is 1. The zero-order chi connectivity index (χ0) is 17.4. The Morgan fingerprint density at radius 1 is 1.25 bits per heavy atom. The van der Waals surface area contributed by atoms with Crippen LogP contribution in [-0.2, 0) is 14.3 Å². The van der Waals surface area contributed by atoms with Crippen molar-refractivity contribution in [3.8, 4) is 0 Å². The van der Waals surface area contributed by atoms with Crippen molar-refractivity contribution in [2.24, 2.45) is 0 Å². The molecule has 1 atom stereocenters. The predicted octanol–water partition coefficient (Wildman–Crippen LogP) is 0.823. The van der Waals surface area contributed by atoms with Crippen molar-refractivity contribution < 1.29 is 28.2 Å². The number of alkyl halides is 2. The van der Waals surface area contributed by atoms with E-state index in [9.17, 15) is 23.5 Å². The van der Waals surface area contributed by atoms with E-state index in [4.69, 9.17) is 4.74 Å². The average Bonchev–Trinajstić information content (AvgIpc) is 3.16. The third-order valence-electron chi connectivity index (χ3n) is 5.48. The predicted molar refractivity (Wildman–Crippen MR) is 80.5 cm³/mol. The van der Waals surface area contributed by atoms with Gasteiger partial charge in [-0.15, -0.1) is 0 Å². The normalized spacial score (nSPS) is 28.4. The first kappa shape index (κ1) is 17.5. The fourth-order valence-electron chi connectivity index (χ4n) is 3.93. The van der Waals surface area contributed by atoms with Gasteiger partial charge in [-0.05, 0) is 32.1 Å². The molecule has 2 saturated heterocycles. The summed E-state index contributed by atoms with van der Waals surface area (Å²) in [5.74, 6) is -5.74. The molecule has 8 heteroatoms. The highest BCUT2D eigenvalue weighted by Crippen LogP contribution is 2.42. The van der Waals surface area contributed by atoms with Gasteiger partial charge in [-0.25, -0.2) is 0 Å². The molecule has 3 rings (SSSR count). The Balaban J connectivity index is 1.61. The highest BCUT2D eigenvalue weighted by Gasteiger charge is 2.59. The standard InChI is InChI=1S/C16H24F2N2O4/c17-16(18,15(23)6-1-2-7-15)14(22)19-12-3-8-20(13(12)21)11-4-9-24-10-5-11/h11-12,23H,1-10H2,(H,19,22). The van der Waals surface area contributed by atoms with Gasteiger partial charge in [0.15, 0.2) is 0 Å². The Morgan fingerprint density at radius 3 is 2.50 bits per heavy atom. The van der Waals surface area contributed by atoms with Crippen LogP contribution in [0.2, 0.25) is 0 Å². The molecule has 3 fully saturated rings. The van der Waals surface area contributed by atoms with Crippen molar-refractivity contribution in [1.29, 1.82) is 0 Å². The molecule has 0 bridgehead atoms. The Morgan fingerprint density at radius 2 is 1.88 bits per heavy atom. The maximum atomic E-state index is 14.3. The lowest BCUT2D eigenvalue weighted by molar-refractivity contribution is -0.191. The first-order chi connectivity index (χ1) is 11.3. The Bertz CT molecular complexity index is 502.